The smallest absolute Gasteiger partial charge is 0.0824 e. The van der Waals surface area contributed by atoms with Gasteiger partial charge in [-0.25, -0.2) is 0 Å². The molecule has 1 aliphatic heterocycles. The van der Waals surface area contributed by atoms with Crippen molar-refractivity contribution in [2.75, 3.05) is 26.9 Å². The third-order valence-electron chi connectivity index (χ3n) is 2.18. The van der Waals surface area contributed by atoms with Crippen molar-refractivity contribution in [2.45, 2.75) is 31.9 Å². The summed E-state index contributed by atoms with van der Waals surface area (Å²) in [6.07, 6.45) is 2.86. The van der Waals surface area contributed by atoms with E-state index >= 15 is 0 Å². The Morgan fingerprint density at radius 2 is 2.42 bits per heavy atom. The van der Waals surface area contributed by atoms with Gasteiger partial charge in [-0.3, -0.25) is 0 Å². The number of ether oxygens (including phenoxy) is 2. The fraction of sp³-hybridized carbons (Fsp3) is 1.00. The molecule has 2 atom stereocenters. The largest absolute Gasteiger partial charge is 0.383 e. The Kier molecular flexibility index (Phi) is 4.58. The van der Waals surface area contributed by atoms with Crippen molar-refractivity contribution in [2.24, 2.45) is 0 Å². The lowest BCUT2D eigenvalue weighted by Gasteiger charge is -2.14. The van der Waals surface area contributed by atoms with Gasteiger partial charge in [-0.15, -0.1) is 0 Å². The molecule has 0 aromatic rings. The van der Waals surface area contributed by atoms with Crippen LogP contribution >= 0.6 is 0 Å². The number of epoxide rings is 1. The molecule has 0 saturated carbocycles. The fourth-order valence-electron chi connectivity index (χ4n) is 1.28. The Labute approximate surface area is 74.4 Å². The quantitative estimate of drug-likeness (QED) is 0.456. The fourth-order valence-corrected chi connectivity index (χ4v) is 1.28. The maximum absolute atomic E-state index is 5.18. The summed E-state index contributed by atoms with van der Waals surface area (Å²) in [6.45, 7) is 4.90. The van der Waals surface area contributed by atoms with Gasteiger partial charge in [0.05, 0.1) is 19.3 Å². The summed E-state index contributed by atoms with van der Waals surface area (Å²) in [6, 6.07) is 0.604. The Balaban J connectivity index is 1.98. The highest BCUT2D eigenvalue weighted by atomic mass is 16.6. The Bertz CT molecular complexity index is 115. The molecule has 1 N–H and O–H groups in total. The second-order valence-electron chi connectivity index (χ2n) is 3.24. The zero-order valence-corrected chi connectivity index (χ0v) is 8.01. The number of nitrogens with one attached hydrogen (secondary N) is 1. The molecule has 0 aromatic heterocycles. The highest BCUT2D eigenvalue weighted by molar-refractivity contribution is 4.77. The van der Waals surface area contributed by atoms with Crippen LogP contribution < -0.4 is 5.32 Å². The molecule has 1 saturated heterocycles. The van der Waals surface area contributed by atoms with Gasteiger partial charge in [0, 0.05) is 19.7 Å². The van der Waals surface area contributed by atoms with E-state index in [-0.39, 0.29) is 0 Å². The maximum atomic E-state index is 5.18. The molecule has 0 aliphatic carbocycles. The number of hydrogen-bond acceptors (Lipinski definition) is 3. The molecular formula is C9H19NO2. The molecule has 2 unspecified atom stereocenters. The second kappa shape index (κ2) is 5.51. The van der Waals surface area contributed by atoms with Crippen LogP contribution in [0.4, 0.5) is 0 Å². The predicted molar refractivity (Wildman–Crippen MR) is 48.3 cm³/mol. The van der Waals surface area contributed by atoms with Crippen molar-refractivity contribution in [3.05, 3.63) is 0 Å². The monoisotopic (exact) mass is 173 g/mol. The van der Waals surface area contributed by atoms with E-state index in [0.717, 1.165) is 26.2 Å². The van der Waals surface area contributed by atoms with E-state index in [4.69, 9.17) is 9.47 Å². The molecule has 12 heavy (non-hydrogen) atoms. The van der Waals surface area contributed by atoms with Crippen LogP contribution in [0.5, 0.6) is 0 Å². The third-order valence-corrected chi connectivity index (χ3v) is 2.18. The van der Waals surface area contributed by atoms with E-state index in [2.05, 4.69) is 12.2 Å². The van der Waals surface area contributed by atoms with Crippen LogP contribution in [0.1, 0.15) is 19.8 Å². The topological polar surface area (TPSA) is 33.8 Å². The van der Waals surface area contributed by atoms with E-state index in [9.17, 15) is 0 Å². The molecule has 3 nitrogen and oxygen atoms in total. The first-order valence-electron chi connectivity index (χ1n) is 4.70. The first-order chi connectivity index (χ1) is 5.86. The Morgan fingerprint density at radius 3 is 2.92 bits per heavy atom. The van der Waals surface area contributed by atoms with Crippen molar-refractivity contribution >= 4 is 0 Å². The molecule has 1 heterocycles. The third kappa shape index (κ3) is 4.04. The van der Waals surface area contributed by atoms with E-state index < -0.39 is 0 Å². The minimum Gasteiger partial charge on any atom is -0.383 e. The highest BCUT2D eigenvalue weighted by Crippen LogP contribution is 2.16. The molecule has 0 bridgehead atoms. The number of rotatable bonds is 7. The zero-order valence-electron chi connectivity index (χ0n) is 8.01. The molecule has 1 rings (SSSR count). The normalized spacial score (nSPS) is 24.0. The Morgan fingerprint density at radius 1 is 1.67 bits per heavy atom. The van der Waals surface area contributed by atoms with E-state index in [1.54, 1.807) is 7.11 Å². The van der Waals surface area contributed by atoms with Crippen molar-refractivity contribution in [1.82, 2.24) is 5.32 Å². The van der Waals surface area contributed by atoms with Gasteiger partial charge in [0.15, 0.2) is 0 Å². The molecule has 0 radical (unpaired) electrons. The van der Waals surface area contributed by atoms with Gasteiger partial charge in [0.25, 0.3) is 0 Å². The van der Waals surface area contributed by atoms with Gasteiger partial charge >= 0.3 is 0 Å². The minimum absolute atomic E-state index is 0.532. The standard InChI is InChI=1S/C9H19NO2/c1-3-8(6-9-7-12-9)10-4-5-11-2/h8-10H,3-7H2,1-2H3. The van der Waals surface area contributed by atoms with E-state index in [1.807, 2.05) is 0 Å². The average Bonchev–Trinajstić information content (AvgIpc) is 2.87. The molecule has 0 amide bonds. The lowest BCUT2D eigenvalue weighted by molar-refractivity contribution is 0.193. The molecule has 0 aromatic carbocycles. The molecule has 1 fully saturated rings. The van der Waals surface area contributed by atoms with Gasteiger partial charge in [0.2, 0.25) is 0 Å². The van der Waals surface area contributed by atoms with Crippen molar-refractivity contribution in [3.8, 4) is 0 Å². The summed E-state index contributed by atoms with van der Waals surface area (Å²) >= 11 is 0. The molecule has 1 aliphatic rings. The molecular weight excluding hydrogens is 154 g/mol. The molecule has 72 valence electrons. The molecule has 3 heteroatoms. The van der Waals surface area contributed by atoms with Gasteiger partial charge in [-0.05, 0) is 12.8 Å². The Hall–Kier alpha value is -0.120. The maximum Gasteiger partial charge on any atom is 0.0824 e. The van der Waals surface area contributed by atoms with E-state index in [1.165, 1.54) is 6.42 Å². The van der Waals surface area contributed by atoms with Gasteiger partial charge in [-0.2, -0.15) is 0 Å². The zero-order chi connectivity index (χ0) is 8.81. The summed E-state index contributed by atoms with van der Waals surface area (Å²) in [5.74, 6) is 0. The van der Waals surface area contributed by atoms with Gasteiger partial charge in [0.1, 0.15) is 0 Å². The van der Waals surface area contributed by atoms with Gasteiger partial charge in [-0.1, -0.05) is 6.92 Å². The summed E-state index contributed by atoms with van der Waals surface area (Å²) in [7, 11) is 1.73. The predicted octanol–water partition coefficient (Wildman–Crippen LogP) is 0.790. The van der Waals surface area contributed by atoms with Crippen LogP contribution in [-0.4, -0.2) is 39.0 Å². The highest BCUT2D eigenvalue weighted by Gasteiger charge is 2.25. The number of methoxy groups -OCH3 is 1. The molecule has 0 spiro atoms. The first-order valence-corrected chi connectivity index (χ1v) is 4.70. The second-order valence-corrected chi connectivity index (χ2v) is 3.24. The van der Waals surface area contributed by atoms with Crippen molar-refractivity contribution in [3.63, 3.8) is 0 Å². The summed E-state index contributed by atoms with van der Waals surface area (Å²) in [4.78, 5) is 0. The van der Waals surface area contributed by atoms with Crippen LogP contribution in [0.3, 0.4) is 0 Å². The SMILES string of the molecule is CCC(CC1CO1)NCCOC. The number of hydrogen-bond donors (Lipinski definition) is 1. The van der Waals surface area contributed by atoms with Crippen molar-refractivity contribution < 1.29 is 9.47 Å². The summed E-state index contributed by atoms with van der Waals surface area (Å²) in [5.41, 5.74) is 0. The van der Waals surface area contributed by atoms with E-state index in [0.29, 0.717) is 12.1 Å². The summed E-state index contributed by atoms with van der Waals surface area (Å²) in [5, 5.41) is 3.44. The van der Waals surface area contributed by atoms with Crippen LogP contribution in [0, 0.1) is 0 Å². The van der Waals surface area contributed by atoms with Crippen LogP contribution in [0.2, 0.25) is 0 Å². The van der Waals surface area contributed by atoms with Gasteiger partial charge < -0.3 is 14.8 Å². The van der Waals surface area contributed by atoms with Crippen molar-refractivity contribution in [1.29, 1.82) is 0 Å². The van der Waals surface area contributed by atoms with Crippen LogP contribution in [0.25, 0.3) is 0 Å². The van der Waals surface area contributed by atoms with Crippen LogP contribution in [0.15, 0.2) is 0 Å². The lowest BCUT2D eigenvalue weighted by atomic mass is 10.1. The summed E-state index contributed by atoms with van der Waals surface area (Å²) < 4.78 is 10.1. The first kappa shape index (κ1) is 9.96. The minimum atomic E-state index is 0.532. The average molecular weight is 173 g/mol. The van der Waals surface area contributed by atoms with Crippen LogP contribution in [-0.2, 0) is 9.47 Å². The lowest BCUT2D eigenvalue weighted by Crippen LogP contribution is -2.32.